The standard InChI is InChI=1S/C25H23F4NO5/c1-14-18(12-23(31)34-16-5-3-4-6-16)19-11-22(33-2)20(26)13-21(19)30(14)24(32)15-7-9-17(10-8-15)35-25(27,28)29/h7-11,13,16H,3-6,12H2,1-2H3. The predicted molar refractivity (Wildman–Crippen MR) is 118 cm³/mol. The highest BCUT2D eigenvalue weighted by Crippen LogP contribution is 2.33. The second-order valence-electron chi connectivity index (χ2n) is 8.35. The Kier molecular flexibility index (Phi) is 6.73. The molecule has 1 aliphatic carbocycles. The Morgan fingerprint density at radius 3 is 2.34 bits per heavy atom. The Labute approximate surface area is 198 Å². The smallest absolute Gasteiger partial charge is 0.494 e. The Morgan fingerprint density at radius 2 is 1.74 bits per heavy atom. The first kappa shape index (κ1) is 24.6. The number of hydrogen-bond acceptors (Lipinski definition) is 5. The number of hydrogen-bond donors (Lipinski definition) is 0. The molecule has 1 aliphatic rings. The lowest BCUT2D eigenvalue weighted by Crippen LogP contribution is -2.18. The molecule has 1 aromatic heterocycles. The molecule has 2 aromatic carbocycles. The summed E-state index contributed by atoms with van der Waals surface area (Å²) in [4.78, 5) is 26.0. The van der Waals surface area contributed by atoms with Gasteiger partial charge in [-0.15, -0.1) is 13.2 Å². The van der Waals surface area contributed by atoms with Gasteiger partial charge in [0.05, 0.1) is 19.0 Å². The summed E-state index contributed by atoms with van der Waals surface area (Å²) in [5, 5.41) is 0.439. The van der Waals surface area contributed by atoms with Crippen molar-refractivity contribution in [2.24, 2.45) is 0 Å². The summed E-state index contributed by atoms with van der Waals surface area (Å²) < 4.78 is 67.7. The zero-order chi connectivity index (χ0) is 25.3. The van der Waals surface area contributed by atoms with Gasteiger partial charge in [0, 0.05) is 22.7 Å². The third-order valence-corrected chi connectivity index (χ3v) is 6.07. The van der Waals surface area contributed by atoms with E-state index in [1.807, 2.05) is 0 Å². The van der Waals surface area contributed by atoms with Crippen LogP contribution >= 0.6 is 0 Å². The van der Waals surface area contributed by atoms with Crippen molar-refractivity contribution >= 4 is 22.8 Å². The highest BCUT2D eigenvalue weighted by atomic mass is 19.4. The Morgan fingerprint density at radius 1 is 1.09 bits per heavy atom. The summed E-state index contributed by atoms with van der Waals surface area (Å²) in [5.74, 6) is -2.30. The Bertz CT molecular complexity index is 1260. The molecule has 0 amide bonds. The third kappa shape index (κ3) is 5.26. The van der Waals surface area contributed by atoms with Gasteiger partial charge in [-0.2, -0.15) is 0 Å². The van der Waals surface area contributed by atoms with E-state index in [-0.39, 0.29) is 29.4 Å². The minimum Gasteiger partial charge on any atom is -0.494 e. The summed E-state index contributed by atoms with van der Waals surface area (Å²) in [6.45, 7) is 1.61. The normalized spacial score (nSPS) is 14.3. The van der Waals surface area contributed by atoms with Gasteiger partial charge in [0.25, 0.3) is 5.91 Å². The average Bonchev–Trinajstić information content (AvgIpc) is 3.38. The van der Waals surface area contributed by atoms with Crippen molar-refractivity contribution in [1.82, 2.24) is 4.57 Å². The highest BCUT2D eigenvalue weighted by Gasteiger charge is 2.31. The number of alkyl halides is 3. The molecule has 3 aromatic rings. The van der Waals surface area contributed by atoms with Gasteiger partial charge in [-0.25, -0.2) is 4.39 Å². The van der Waals surface area contributed by atoms with Crippen molar-refractivity contribution in [3.05, 3.63) is 59.0 Å². The van der Waals surface area contributed by atoms with E-state index in [4.69, 9.17) is 9.47 Å². The SMILES string of the molecule is COc1cc2c(CC(=O)OC3CCCC3)c(C)n(C(=O)c3ccc(OC(F)(F)F)cc3)c2cc1F. The van der Waals surface area contributed by atoms with E-state index < -0.39 is 29.8 Å². The Hall–Kier alpha value is -3.56. The first-order valence-corrected chi connectivity index (χ1v) is 11.0. The molecule has 0 N–H and O–H groups in total. The van der Waals surface area contributed by atoms with Crippen LogP contribution in [0.4, 0.5) is 17.6 Å². The summed E-state index contributed by atoms with van der Waals surface area (Å²) in [6, 6.07) is 6.95. The van der Waals surface area contributed by atoms with Gasteiger partial charge in [0.2, 0.25) is 0 Å². The first-order valence-electron chi connectivity index (χ1n) is 11.0. The van der Waals surface area contributed by atoms with E-state index in [0.717, 1.165) is 43.9 Å². The number of carbonyl (C=O) groups excluding carboxylic acids is 2. The number of benzene rings is 2. The molecule has 0 radical (unpaired) electrons. The van der Waals surface area contributed by atoms with Crippen LogP contribution in [0.5, 0.6) is 11.5 Å². The van der Waals surface area contributed by atoms with Crippen LogP contribution < -0.4 is 9.47 Å². The molecule has 1 heterocycles. The number of esters is 1. The van der Waals surface area contributed by atoms with Crippen LogP contribution in [0.25, 0.3) is 10.9 Å². The number of fused-ring (bicyclic) bond motifs is 1. The number of aromatic nitrogens is 1. The van der Waals surface area contributed by atoms with Gasteiger partial charge < -0.3 is 14.2 Å². The van der Waals surface area contributed by atoms with Gasteiger partial charge in [0.15, 0.2) is 11.6 Å². The monoisotopic (exact) mass is 493 g/mol. The van der Waals surface area contributed by atoms with E-state index >= 15 is 0 Å². The number of halogens is 4. The second kappa shape index (κ2) is 9.59. The van der Waals surface area contributed by atoms with Crippen LogP contribution in [0.3, 0.4) is 0 Å². The number of rotatable bonds is 6. The fourth-order valence-corrected chi connectivity index (χ4v) is 4.43. The molecule has 0 unspecified atom stereocenters. The molecule has 35 heavy (non-hydrogen) atoms. The van der Waals surface area contributed by atoms with Crippen molar-refractivity contribution in [3.8, 4) is 11.5 Å². The van der Waals surface area contributed by atoms with Crippen LogP contribution in [0.1, 0.15) is 47.3 Å². The van der Waals surface area contributed by atoms with E-state index in [2.05, 4.69) is 4.74 Å². The van der Waals surface area contributed by atoms with Gasteiger partial charge >= 0.3 is 12.3 Å². The van der Waals surface area contributed by atoms with Crippen LogP contribution in [0, 0.1) is 12.7 Å². The number of carbonyl (C=O) groups is 2. The van der Waals surface area contributed by atoms with Crippen LogP contribution in [-0.4, -0.2) is 36.0 Å². The first-order chi connectivity index (χ1) is 16.6. The maximum atomic E-state index is 14.6. The third-order valence-electron chi connectivity index (χ3n) is 6.07. The maximum absolute atomic E-state index is 14.6. The Balaban J connectivity index is 1.72. The fourth-order valence-electron chi connectivity index (χ4n) is 4.43. The van der Waals surface area contributed by atoms with E-state index in [9.17, 15) is 27.2 Å². The molecule has 0 saturated heterocycles. The predicted octanol–water partition coefficient (Wildman–Crippen LogP) is 5.71. The average molecular weight is 493 g/mol. The topological polar surface area (TPSA) is 66.8 Å². The molecular formula is C25H23F4NO5. The van der Waals surface area contributed by atoms with Crippen molar-refractivity contribution in [2.75, 3.05) is 7.11 Å². The van der Waals surface area contributed by atoms with E-state index in [1.165, 1.54) is 29.9 Å². The van der Waals surface area contributed by atoms with E-state index in [1.54, 1.807) is 6.92 Å². The van der Waals surface area contributed by atoms with Gasteiger partial charge in [-0.1, -0.05) is 0 Å². The minimum atomic E-state index is -4.86. The molecule has 10 heteroatoms. The molecule has 0 aliphatic heterocycles. The van der Waals surface area contributed by atoms with Gasteiger partial charge in [0.1, 0.15) is 11.9 Å². The van der Waals surface area contributed by atoms with Crippen molar-refractivity contribution in [1.29, 1.82) is 0 Å². The van der Waals surface area contributed by atoms with Crippen LogP contribution in [0.2, 0.25) is 0 Å². The molecule has 0 spiro atoms. The number of methoxy groups -OCH3 is 1. The fraction of sp³-hybridized carbons (Fsp3) is 0.360. The molecule has 1 fully saturated rings. The van der Waals surface area contributed by atoms with Crippen molar-refractivity contribution in [2.45, 2.75) is 51.5 Å². The quantitative estimate of drug-likeness (QED) is 0.325. The van der Waals surface area contributed by atoms with Gasteiger partial charge in [-0.05, 0) is 68.5 Å². The number of nitrogens with zero attached hydrogens (tertiary/aromatic N) is 1. The lowest BCUT2D eigenvalue weighted by atomic mass is 10.1. The molecule has 6 nitrogen and oxygen atoms in total. The molecule has 0 bridgehead atoms. The van der Waals surface area contributed by atoms with E-state index in [0.29, 0.717) is 16.6 Å². The maximum Gasteiger partial charge on any atom is 0.573 e. The lowest BCUT2D eigenvalue weighted by Gasteiger charge is -2.12. The summed E-state index contributed by atoms with van der Waals surface area (Å²) in [7, 11) is 1.30. The molecular weight excluding hydrogens is 470 g/mol. The van der Waals surface area contributed by atoms with Crippen LogP contribution in [0.15, 0.2) is 36.4 Å². The summed E-state index contributed by atoms with van der Waals surface area (Å²) >= 11 is 0. The van der Waals surface area contributed by atoms with Crippen LogP contribution in [-0.2, 0) is 16.0 Å². The molecule has 4 rings (SSSR count). The van der Waals surface area contributed by atoms with Crippen molar-refractivity contribution < 1.29 is 41.4 Å². The van der Waals surface area contributed by atoms with Gasteiger partial charge in [-0.3, -0.25) is 14.2 Å². The highest BCUT2D eigenvalue weighted by molar-refractivity contribution is 6.05. The minimum absolute atomic E-state index is 0.0517. The zero-order valence-electron chi connectivity index (χ0n) is 19.1. The van der Waals surface area contributed by atoms with Crippen molar-refractivity contribution in [3.63, 3.8) is 0 Å². The zero-order valence-corrected chi connectivity index (χ0v) is 19.1. The second-order valence-corrected chi connectivity index (χ2v) is 8.35. The summed E-state index contributed by atoms with van der Waals surface area (Å²) in [5.41, 5.74) is 1.12. The summed E-state index contributed by atoms with van der Waals surface area (Å²) in [6.07, 6.45) is -1.54. The number of ether oxygens (including phenoxy) is 3. The largest absolute Gasteiger partial charge is 0.573 e. The molecule has 0 atom stereocenters. The molecule has 186 valence electrons. The lowest BCUT2D eigenvalue weighted by molar-refractivity contribution is -0.274. The molecule has 1 saturated carbocycles.